The number of hydrogen-bond acceptors (Lipinski definition) is 2. The molecular formula is C15H15BrN2O. The number of aromatic nitrogens is 1. The zero-order valence-electron chi connectivity index (χ0n) is 10.7. The molecule has 0 unspecified atom stereocenters. The summed E-state index contributed by atoms with van der Waals surface area (Å²) in [5.41, 5.74) is 2.89. The summed E-state index contributed by atoms with van der Waals surface area (Å²) >= 11 is 3.39. The molecule has 0 bridgehead atoms. The minimum Gasteiger partial charge on any atom is -0.337 e. The van der Waals surface area contributed by atoms with Crippen LogP contribution in [-0.2, 0) is 11.9 Å². The average molecular weight is 319 g/mol. The maximum atomic E-state index is 12.2. The minimum absolute atomic E-state index is 0.0185. The predicted octanol–water partition coefficient (Wildman–Crippen LogP) is 3.25. The highest BCUT2D eigenvalue weighted by atomic mass is 79.9. The van der Waals surface area contributed by atoms with Crippen molar-refractivity contribution in [1.29, 1.82) is 0 Å². The van der Waals surface area contributed by atoms with E-state index < -0.39 is 0 Å². The molecule has 0 aliphatic carbocycles. The number of carbonyl (C=O) groups is 1. The van der Waals surface area contributed by atoms with E-state index in [2.05, 4.69) is 20.9 Å². The molecule has 1 heterocycles. The Balaban J connectivity index is 2.06. The molecule has 0 radical (unpaired) electrons. The number of nitrogens with zero attached hydrogens (tertiary/aromatic N) is 2. The molecular weight excluding hydrogens is 304 g/mol. The van der Waals surface area contributed by atoms with E-state index in [1.807, 2.05) is 36.4 Å². The highest BCUT2D eigenvalue weighted by molar-refractivity contribution is 9.08. The first-order chi connectivity index (χ1) is 9.20. The van der Waals surface area contributed by atoms with E-state index in [4.69, 9.17) is 0 Å². The second-order valence-corrected chi connectivity index (χ2v) is 4.91. The van der Waals surface area contributed by atoms with Crippen LogP contribution in [0.25, 0.3) is 0 Å². The number of benzene rings is 1. The van der Waals surface area contributed by atoms with Gasteiger partial charge in [-0.05, 0) is 29.3 Å². The molecule has 0 aliphatic heterocycles. The molecule has 0 fully saturated rings. The van der Waals surface area contributed by atoms with Crippen molar-refractivity contribution in [1.82, 2.24) is 9.88 Å². The fourth-order valence-electron chi connectivity index (χ4n) is 1.79. The van der Waals surface area contributed by atoms with Gasteiger partial charge in [0.2, 0.25) is 0 Å². The fourth-order valence-corrected chi connectivity index (χ4v) is 2.17. The standard InChI is InChI=1S/C15H15BrN2O/c1-18(11-13-3-2-8-17-10-13)15(19)14-6-4-12(9-16)5-7-14/h2-8,10H,9,11H2,1H3. The van der Waals surface area contributed by atoms with Gasteiger partial charge in [0.15, 0.2) is 0 Å². The Hall–Kier alpha value is -1.68. The molecule has 4 heteroatoms. The molecule has 1 aromatic heterocycles. The van der Waals surface area contributed by atoms with E-state index in [0.717, 1.165) is 16.5 Å². The van der Waals surface area contributed by atoms with Gasteiger partial charge in [0, 0.05) is 36.9 Å². The Morgan fingerprint density at radius 1 is 1.21 bits per heavy atom. The molecule has 0 N–H and O–H groups in total. The van der Waals surface area contributed by atoms with Crippen molar-refractivity contribution in [2.24, 2.45) is 0 Å². The molecule has 98 valence electrons. The Labute approximate surface area is 121 Å². The van der Waals surface area contributed by atoms with Crippen LogP contribution in [0.2, 0.25) is 0 Å². The number of alkyl halides is 1. The Morgan fingerprint density at radius 3 is 2.53 bits per heavy atom. The summed E-state index contributed by atoms with van der Waals surface area (Å²) in [6.07, 6.45) is 3.50. The summed E-state index contributed by atoms with van der Waals surface area (Å²) < 4.78 is 0. The van der Waals surface area contributed by atoms with Crippen molar-refractivity contribution in [3.8, 4) is 0 Å². The maximum absolute atomic E-state index is 12.2. The highest BCUT2D eigenvalue weighted by Crippen LogP contribution is 2.11. The third-order valence-corrected chi connectivity index (χ3v) is 3.49. The van der Waals surface area contributed by atoms with Crippen LogP contribution in [0.5, 0.6) is 0 Å². The molecule has 0 aliphatic rings. The first-order valence-corrected chi connectivity index (χ1v) is 7.12. The van der Waals surface area contributed by atoms with E-state index in [1.165, 1.54) is 0 Å². The Bertz CT molecular complexity index is 540. The van der Waals surface area contributed by atoms with Gasteiger partial charge in [-0.1, -0.05) is 34.1 Å². The molecule has 0 saturated carbocycles. The van der Waals surface area contributed by atoms with Gasteiger partial charge in [-0.2, -0.15) is 0 Å². The molecule has 0 spiro atoms. The molecule has 1 amide bonds. The smallest absolute Gasteiger partial charge is 0.253 e. The summed E-state index contributed by atoms with van der Waals surface area (Å²) in [6.45, 7) is 0.562. The zero-order chi connectivity index (χ0) is 13.7. The number of halogens is 1. The molecule has 1 aromatic carbocycles. The topological polar surface area (TPSA) is 33.2 Å². The van der Waals surface area contributed by atoms with Gasteiger partial charge in [0.25, 0.3) is 5.91 Å². The fraction of sp³-hybridized carbons (Fsp3) is 0.200. The predicted molar refractivity (Wildman–Crippen MR) is 79.1 cm³/mol. The van der Waals surface area contributed by atoms with Crippen LogP contribution in [0.1, 0.15) is 21.5 Å². The summed E-state index contributed by atoms with van der Waals surface area (Å²) in [5, 5.41) is 0.799. The Kier molecular flexibility index (Phi) is 4.68. The lowest BCUT2D eigenvalue weighted by atomic mass is 10.1. The van der Waals surface area contributed by atoms with Crippen molar-refractivity contribution < 1.29 is 4.79 Å². The van der Waals surface area contributed by atoms with Crippen LogP contribution in [0.3, 0.4) is 0 Å². The number of hydrogen-bond donors (Lipinski definition) is 0. The second-order valence-electron chi connectivity index (χ2n) is 4.35. The maximum Gasteiger partial charge on any atom is 0.253 e. The number of carbonyl (C=O) groups excluding carboxylic acids is 1. The van der Waals surface area contributed by atoms with Crippen molar-refractivity contribution in [3.63, 3.8) is 0 Å². The molecule has 2 rings (SSSR count). The van der Waals surface area contributed by atoms with Gasteiger partial charge in [-0.25, -0.2) is 0 Å². The number of pyridine rings is 1. The molecule has 2 aromatic rings. The quantitative estimate of drug-likeness (QED) is 0.811. The van der Waals surface area contributed by atoms with E-state index >= 15 is 0 Å². The summed E-state index contributed by atoms with van der Waals surface area (Å²) in [4.78, 5) is 18.0. The van der Waals surface area contributed by atoms with Crippen LogP contribution in [0.4, 0.5) is 0 Å². The van der Waals surface area contributed by atoms with Gasteiger partial charge < -0.3 is 4.90 Å². The molecule has 3 nitrogen and oxygen atoms in total. The van der Waals surface area contributed by atoms with E-state index in [1.54, 1.807) is 24.3 Å². The molecule has 0 atom stereocenters. The van der Waals surface area contributed by atoms with Crippen LogP contribution < -0.4 is 0 Å². The average Bonchev–Trinajstić information content (AvgIpc) is 2.47. The first kappa shape index (κ1) is 13.7. The lowest BCUT2D eigenvalue weighted by Gasteiger charge is -2.17. The minimum atomic E-state index is 0.0185. The highest BCUT2D eigenvalue weighted by Gasteiger charge is 2.11. The van der Waals surface area contributed by atoms with Crippen molar-refractivity contribution in [2.45, 2.75) is 11.9 Å². The lowest BCUT2D eigenvalue weighted by molar-refractivity contribution is 0.0785. The van der Waals surface area contributed by atoms with Crippen LogP contribution in [-0.4, -0.2) is 22.8 Å². The van der Waals surface area contributed by atoms with Crippen molar-refractivity contribution in [3.05, 3.63) is 65.5 Å². The summed E-state index contributed by atoms with van der Waals surface area (Å²) in [6, 6.07) is 11.5. The number of rotatable bonds is 4. The van der Waals surface area contributed by atoms with Crippen molar-refractivity contribution in [2.75, 3.05) is 7.05 Å². The monoisotopic (exact) mass is 318 g/mol. The van der Waals surface area contributed by atoms with Gasteiger partial charge in [-0.3, -0.25) is 9.78 Å². The molecule has 0 saturated heterocycles. The largest absolute Gasteiger partial charge is 0.337 e. The first-order valence-electron chi connectivity index (χ1n) is 6.00. The van der Waals surface area contributed by atoms with Gasteiger partial charge >= 0.3 is 0 Å². The third kappa shape index (κ3) is 3.64. The normalized spacial score (nSPS) is 10.2. The van der Waals surface area contributed by atoms with Crippen LogP contribution >= 0.6 is 15.9 Å². The summed E-state index contributed by atoms with van der Waals surface area (Å²) in [5.74, 6) is 0.0185. The zero-order valence-corrected chi connectivity index (χ0v) is 12.3. The van der Waals surface area contributed by atoms with Gasteiger partial charge in [-0.15, -0.1) is 0 Å². The van der Waals surface area contributed by atoms with Crippen molar-refractivity contribution >= 4 is 21.8 Å². The number of amides is 1. The lowest BCUT2D eigenvalue weighted by Crippen LogP contribution is -2.26. The summed E-state index contributed by atoms with van der Waals surface area (Å²) in [7, 11) is 1.80. The Morgan fingerprint density at radius 2 is 1.95 bits per heavy atom. The van der Waals surface area contributed by atoms with Gasteiger partial charge in [0.1, 0.15) is 0 Å². The van der Waals surface area contributed by atoms with E-state index in [-0.39, 0.29) is 5.91 Å². The van der Waals surface area contributed by atoms with E-state index in [9.17, 15) is 4.79 Å². The van der Waals surface area contributed by atoms with E-state index in [0.29, 0.717) is 12.1 Å². The SMILES string of the molecule is CN(Cc1cccnc1)C(=O)c1ccc(CBr)cc1. The van der Waals surface area contributed by atoms with Crippen LogP contribution in [0.15, 0.2) is 48.8 Å². The van der Waals surface area contributed by atoms with Gasteiger partial charge in [0.05, 0.1) is 0 Å². The second kappa shape index (κ2) is 6.48. The van der Waals surface area contributed by atoms with Crippen LogP contribution in [0, 0.1) is 0 Å². The molecule has 19 heavy (non-hydrogen) atoms. The third-order valence-electron chi connectivity index (χ3n) is 2.84.